The van der Waals surface area contributed by atoms with Gasteiger partial charge >= 0.3 is 24.2 Å². The van der Waals surface area contributed by atoms with Crippen LogP contribution in [-0.2, 0) is 37.6 Å². The Labute approximate surface area is 289 Å². The van der Waals surface area contributed by atoms with E-state index in [-0.39, 0.29) is 48.9 Å². The summed E-state index contributed by atoms with van der Waals surface area (Å²) in [6.45, 7) is 3.99. The first-order valence-corrected chi connectivity index (χ1v) is 18.0. The molecule has 0 aromatic heterocycles. The maximum absolute atomic E-state index is 15.0. The molecule has 5 rings (SSSR count). The monoisotopic (exact) mass is 759 g/mol. The van der Waals surface area contributed by atoms with Crippen molar-refractivity contribution in [1.82, 2.24) is 4.90 Å². The zero-order valence-corrected chi connectivity index (χ0v) is 28.6. The van der Waals surface area contributed by atoms with Crippen LogP contribution in [0.1, 0.15) is 87.5 Å². The van der Waals surface area contributed by atoms with E-state index in [4.69, 9.17) is 5.11 Å². The number of aryl methyl sites for hydroxylation is 1. The number of benzene rings is 2. The molecule has 0 radical (unpaired) electrons. The van der Waals surface area contributed by atoms with Crippen LogP contribution in [0.2, 0.25) is 0 Å². The molecule has 284 valence electrons. The zero-order chi connectivity index (χ0) is 38.2. The van der Waals surface area contributed by atoms with Gasteiger partial charge in [0.1, 0.15) is 4.75 Å². The van der Waals surface area contributed by atoms with Crippen molar-refractivity contribution in [2.45, 2.75) is 112 Å². The van der Waals surface area contributed by atoms with E-state index in [9.17, 15) is 57.1 Å². The van der Waals surface area contributed by atoms with Crippen molar-refractivity contribution < 1.29 is 62.2 Å². The lowest BCUT2D eigenvalue weighted by Gasteiger charge is -2.44. The Morgan fingerprint density at radius 3 is 1.94 bits per heavy atom. The third-order valence-corrected chi connectivity index (χ3v) is 12.8. The van der Waals surface area contributed by atoms with Crippen LogP contribution >= 0.6 is 0 Å². The lowest BCUT2D eigenvalue weighted by Crippen LogP contribution is -2.53. The molecule has 2 unspecified atom stereocenters. The van der Waals surface area contributed by atoms with Gasteiger partial charge < -0.3 is 10.0 Å². The molecule has 3 aliphatic rings. The predicted molar refractivity (Wildman–Crippen MR) is 168 cm³/mol. The minimum Gasteiger partial charge on any atom is -0.516 e. The van der Waals surface area contributed by atoms with E-state index >= 15 is 0 Å². The number of likely N-dealkylation sites (tertiary alicyclic amines) is 1. The molecule has 5 nitrogen and oxygen atoms in total. The number of nitrogens with zero attached hydrogens (tertiary/aromatic N) is 1. The Bertz CT molecular complexity index is 1660. The van der Waals surface area contributed by atoms with Gasteiger partial charge in [-0.25, -0.2) is 12.8 Å². The molecule has 2 fully saturated rings. The number of hydrogen-bond acceptors (Lipinski definition) is 4. The smallest absolute Gasteiger partial charge is 0.435 e. The second-order valence-corrected chi connectivity index (χ2v) is 15.6. The first-order chi connectivity index (χ1) is 23.6. The molecular formula is C35H39F10NO4S. The molecule has 0 bridgehead atoms. The SMILES string of the molecule is CC1CCC(C(=O)N2CCC3(S(=O)(=O)c4ccc(C(F)(F)F)cc4)c4ccc(C(F)(C(F)(F)F)C(F)(F)F)cc4CCC23)CC1.CCC/C=C/O. The van der Waals surface area contributed by atoms with E-state index in [1.807, 2.05) is 6.92 Å². The average molecular weight is 760 g/mol. The van der Waals surface area contributed by atoms with Gasteiger partial charge in [-0.2, -0.15) is 39.5 Å². The molecule has 1 saturated carbocycles. The summed E-state index contributed by atoms with van der Waals surface area (Å²) < 4.78 is 163. The van der Waals surface area contributed by atoms with Gasteiger partial charge in [0, 0.05) is 18.0 Å². The molecule has 1 saturated heterocycles. The van der Waals surface area contributed by atoms with E-state index in [1.54, 1.807) is 6.08 Å². The molecule has 0 spiro atoms. The van der Waals surface area contributed by atoms with Crippen molar-refractivity contribution >= 4 is 15.7 Å². The van der Waals surface area contributed by atoms with Crippen LogP contribution < -0.4 is 0 Å². The minimum atomic E-state index is -6.39. The summed E-state index contributed by atoms with van der Waals surface area (Å²) in [5.74, 6) is -0.354. The number of carbonyl (C=O) groups excluding carboxylic acids is 1. The first-order valence-electron chi connectivity index (χ1n) is 16.6. The predicted octanol–water partition coefficient (Wildman–Crippen LogP) is 9.90. The summed E-state index contributed by atoms with van der Waals surface area (Å²) in [6, 6.07) is 2.80. The summed E-state index contributed by atoms with van der Waals surface area (Å²) in [5.41, 5.74) is -9.15. The zero-order valence-electron chi connectivity index (χ0n) is 27.8. The number of allylic oxidation sites excluding steroid dienone is 1. The molecule has 2 aromatic carbocycles. The van der Waals surface area contributed by atoms with Crippen LogP contribution in [0.3, 0.4) is 0 Å². The standard InChI is InChI=1S/C30H29F10NO3S.C5H10O/c1-17-2-4-18(5-3-17)25(42)41-15-14-26(45(43,44)22-10-7-20(8-11-22)28(32,33)34)23-12-9-21(16-19(23)6-13-24(26)41)27(31,29(35,36)37)30(38,39)40;1-2-3-4-5-6/h7-12,16-18,24H,2-6,13-15H2,1H3;4-6H,2-3H2,1H3/b;5-4+. The van der Waals surface area contributed by atoms with E-state index in [0.29, 0.717) is 37.0 Å². The fourth-order valence-electron chi connectivity index (χ4n) is 7.51. The van der Waals surface area contributed by atoms with Gasteiger partial charge in [0.05, 0.1) is 22.8 Å². The van der Waals surface area contributed by atoms with Gasteiger partial charge in [-0.3, -0.25) is 4.79 Å². The van der Waals surface area contributed by atoms with Gasteiger partial charge in [-0.05, 0) is 92.7 Å². The van der Waals surface area contributed by atoms with Gasteiger partial charge in [-0.15, -0.1) is 0 Å². The second kappa shape index (κ2) is 14.6. The molecule has 1 aliphatic heterocycles. The second-order valence-electron chi connectivity index (χ2n) is 13.4. The number of carbonyl (C=O) groups is 1. The van der Waals surface area contributed by atoms with Crippen molar-refractivity contribution in [2.75, 3.05) is 6.54 Å². The van der Waals surface area contributed by atoms with Crippen LogP contribution in [0.15, 0.2) is 59.7 Å². The van der Waals surface area contributed by atoms with Crippen LogP contribution in [0, 0.1) is 11.8 Å². The van der Waals surface area contributed by atoms with Gasteiger partial charge in [0.15, 0.2) is 9.84 Å². The Hall–Kier alpha value is -3.30. The molecular weight excluding hydrogens is 720 g/mol. The third kappa shape index (κ3) is 7.35. The average Bonchev–Trinajstić information content (AvgIpc) is 3.47. The van der Waals surface area contributed by atoms with E-state index in [2.05, 4.69) is 6.92 Å². The summed E-state index contributed by atoms with van der Waals surface area (Å²) in [6.07, 6.45) is -10.8. The number of alkyl halides is 10. The van der Waals surface area contributed by atoms with Crippen LogP contribution in [0.4, 0.5) is 43.9 Å². The van der Waals surface area contributed by atoms with Crippen LogP contribution in [0.5, 0.6) is 0 Å². The van der Waals surface area contributed by atoms with Gasteiger partial charge in [-0.1, -0.05) is 44.5 Å². The lowest BCUT2D eigenvalue weighted by molar-refractivity contribution is -0.348. The molecule has 2 aromatic rings. The topological polar surface area (TPSA) is 74.7 Å². The molecule has 1 heterocycles. The van der Waals surface area contributed by atoms with Crippen molar-refractivity contribution in [2.24, 2.45) is 11.8 Å². The maximum Gasteiger partial charge on any atom is 0.435 e. The Morgan fingerprint density at radius 2 is 1.45 bits per heavy atom. The fourth-order valence-corrected chi connectivity index (χ4v) is 9.88. The van der Waals surface area contributed by atoms with Crippen molar-refractivity contribution in [3.63, 3.8) is 0 Å². The van der Waals surface area contributed by atoms with Crippen molar-refractivity contribution in [1.29, 1.82) is 0 Å². The highest BCUT2D eigenvalue weighted by Gasteiger charge is 2.74. The number of unbranched alkanes of at least 4 members (excludes halogenated alkanes) is 1. The van der Waals surface area contributed by atoms with Crippen LogP contribution in [-0.4, -0.2) is 49.3 Å². The van der Waals surface area contributed by atoms with Gasteiger partial charge in [0.2, 0.25) is 5.91 Å². The minimum absolute atomic E-state index is 0.116. The summed E-state index contributed by atoms with van der Waals surface area (Å²) in [4.78, 5) is 14.6. The Morgan fingerprint density at radius 1 is 0.882 bits per heavy atom. The first kappa shape index (κ1) is 40.5. The molecule has 1 amide bonds. The van der Waals surface area contributed by atoms with Crippen molar-refractivity contribution in [3.8, 4) is 0 Å². The highest BCUT2D eigenvalue weighted by atomic mass is 32.2. The number of rotatable bonds is 6. The van der Waals surface area contributed by atoms with Crippen molar-refractivity contribution in [3.05, 3.63) is 77.1 Å². The number of hydrogen-bond donors (Lipinski definition) is 1. The highest BCUT2D eigenvalue weighted by Crippen LogP contribution is 2.57. The fraction of sp³-hybridized carbons (Fsp3) is 0.571. The number of amides is 1. The van der Waals surface area contributed by atoms with Crippen LogP contribution in [0.25, 0.3) is 0 Å². The molecule has 2 atom stereocenters. The molecule has 2 aliphatic carbocycles. The lowest BCUT2D eigenvalue weighted by atomic mass is 9.76. The number of aliphatic hydroxyl groups is 1. The highest BCUT2D eigenvalue weighted by molar-refractivity contribution is 7.92. The van der Waals surface area contributed by atoms with Gasteiger partial charge in [0.25, 0.3) is 0 Å². The number of aliphatic hydroxyl groups excluding tert-OH is 1. The molecule has 16 heteroatoms. The number of halogens is 10. The van der Waals surface area contributed by atoms with E-state index in [0.717, 1.165) is 50.1 Å². The normalized spacial score (nSPS) is 24.5. The molecule has 1 N–H and O–H groups in total. The van der Waals surface area contributed by atoms with E-state index in [1.165, 1.54) is 4.90 Å². The van der Waals surface area contributed by atoms with E-state index < -0.39 is 66.8 Å². The third-order valence-electron chi connectivity index (χ3n) is 10.2. The Balaban J connectivity index is 0.000000894. The summed E-state index contributed by atoms with van der Waals surface area (Å²) >= 11 is 0. The largest absolute Gasteiger partial charge is 0.516 e. The summed E-state index contributed by atoms with van der Waals surface area (Å²) in [7, 11) is -4.75. The quantitative estimate of drug-likeness (QED) is 0.235. The number of sulfone groups is 1. The summed E-state index contributed by atoms with van der Waals surface area (Å²) in [5, 5.41) is 8.02. The maximum atomic E-state index is 15.0. The molecule has 51 heavy (non-hydrogen) atoms. The number of fused-ring (bicyclic) bond motifs is 3. The Kier molecular flexibility index (Phi) is 11.6.